The fourth-order valence-corrected chi connectivity index (χ4v) is 2.24. The van der Waals surface area contributed by atoms with Crippen molar-refractivity contribution < 1.29 is 0 Å². The Morgan fingerprint density at radius 1 is 1.42 bits per heavy atom. The van der Waals surface area contributed by atoms with E-state index in [4.69, 9.17) is 0 Å². The maximum Gasteiger partial charge on any atom is 0.0281 e. The van der Waals surface area contributed by atoms with Crippen LogP contribution >= 0.6 is 0 Å². The third-order valence-corrected chi connectivity index (χ3v) is 3.08. The summed E-state index contributed by atoms with van der Waals surface area (Å²) in [6.45, 7) is 2.52. The minimum atomic E-state index is 0.735. The maximum absolute atomic E-state index is 3.35. The van der Waals surface area contributed by atoms with Gasteiger partial charge < -0.3 is 5.32 Å². The normalized spacial score (nSPS) is 36.4. The molecule has 1 saturated heterocycles. The first-order valence-electron chi connectivity index (χ1n) is 4.98. The number of likely N-dealkylation sites (N-methyl/N-ethyl adjacent to an activating group) is 1. The van der Waals surface area contributed by atoms with Gasteiger partial charge in [-0.3, -0.25) is 4.90 Å². The molecule has 12 heavy (non-hydrogen) atoms. The lowest BCUT2D eigenvalue weighted by Gasteiger charge is -2.22. The van der Waals surface area contributed by atoms with Gasteiger partial charge in [-0.15, -0.1) is 0 Å². The van der Waals surface area contributed by atoms with Crippen LogP contribution in [0.25, 0.3) is 0 Å². The number of hydrogen-bond acceptors (Lipinski definition) is 2. The maximum atomic E-state index is 3.35. The van der Waals surface area contributed by atoms with Gasteiger partial charge in [-0.1, -0.05) is 12.2 Å². The molecule has 2 heteroatoms. The molecule has 1 fully saturated rings. The molecule has 68 valence electrons. The van der Waals surface area contributed by atoms with Crippen LogP contribution in [0.4, 0.5) is 0 Å². The third-order valence-electron chi connectivity index (χ3n) is 3.08. The van der Waals surface area contributed by atoms with Crippen LogP contribution in [0.5, 0.6) is 0 Å². The lowest BCUT2D eigenvalue weighted by atomic mass is 10.2. The molecule has 2 atom stereocenters. The number of nitrogens with zero attached hydrogens (tertiary/aromatic N) is 1. The highest BCUT2D eigenvalue weighted by atomic mass is 15.2. The van der Waals surface area contributed by atoms with Crippen LogP contribution in [0.1, 0.15) is 19.3 Å². The first kappa shape index (κ1) is 8.27. The molecule has 0 radical (unpaired) electrons. The molecule has 0 saturated carbocycles. The molecule has 0 aromatic carbocycles. The van der Waals surface area contributed by atoms with Crippen LogP contribution in [0.2, 0.25) is 0 Å². The number of nitrogens with one attached hydrogen (secondary N) is 1. The van der Waals surface area contributed by atoms with E-state index in [0.29, 0.717) is 0 Å². The second kappa shape index (κ2) is 3.58. The summed E-state index contributed by atoms with van der Waals surface area (Å²) in [7, 11) is 2.07. The number of rotatable bonds is 2. The van der Waals surface area contributed by atoms with Crippen molar-refractivity contribution in [3.63, 3.8) is 0 Å². The number of likely N-dealkylation sites (tertiary alicyclic amines) is 1. The predicted octanol–water partition coefficient (Wildman–Crippen LogP) is 0.999. The summed E-state index contributed by atoms with van der Waals surface area (Å²) >= 11 is 0. The van der Waals surface area contributed by atoms with Crippen molar-refractivity contribution in [2.24, 2.45) is 0 Å². The summed E-state index contributed by atoms with van der Waals surface area (Å²) in [5.74, 6) is 0. The molecule has 2 nitrogen and oxygen atoms in total. The average molecular weight is 166 g/mol. The van der Waals surface area contributed by atoms with Crippen molar-refractivity contribution in [1.29, 1.82) is 0 Å². The molecule has 2 unspecified atom stereocenters. The zero-order chi connectivity index (χ0) is 8.39. The average Bonchev–Trinajstić information content (AvgIpc) is 2.75. The minimum absolute atomic E-state index is 0.735. The van der Waals surface area contributed by atoms with E-state index < -0.39 is 0 Å². The zero-order valence-electron chi connectivity index (χ0n) is 7.79. The van der Waals surface area contributed by atoms with Gasteiger partial charge in [0.2, 0.25) is 0 Å². The second-order valence-corrected chi connectivity index (χ2v) is 3.84. The molecule has 0 aromatic rings. The topological polar surface area (TPSA) is 15.3 Å². The van der Waals surface area contributed by atoms with Crippen LogP contribution in [-0.2, 0) is 0 Å². The fraction of sp³-hybridized carbons (Fsp3) is 0.800. The van der Waals surface area contributed by atoms with E-state index in [1.165, 1.54) is 32.4 Å². The zero-order valence-corrected chi connectivity index (χ0v) is 7.79. The molecule has 0 bridgehead atoms. The monoisotopic (exact) mass is 166 g/mol. The summed E-state index contributed by atoms with van der Waals surface area (Å²) in [6, 6.07) is 1.49. The molecule has 0 aromatic heterocycles. The molecule has 2 aliphatic rings. The van der Waals surface area contributed by atoms with Crippen molar-refractivity contribution in [2.75, 3.05) is 20.1 Å². The highest BCUT2D eigenvalue weighted by Gasteiger charge is 2.26. The van der Waals surface area contributed by atoms with Gasteiger partial charge in [-0.05, 0) is 26.3 Å². The van der Waals surface area contributed by atoms with Gasteiger partial charge in [0.1, 0.15) is 0 Å². The van der Waals surface area contributed by atoms with Crippen LogP contribution in [-0.4, -0.2) is 37.1 Å². The summed E-state index contributed by atoms with van der Waals surface area (Å²) < 4.78 is 0. The van der Waals surface area contributed by atoms with Crippen LogP contribution in [0.15, 0.2) is 12.2 Å². The molecular weight excluding hydrogens is 148 g/mol. The Morgan fingerprint density at radius 3 is 2.92 bits per heavy atom. The van der Waals surface area contributed by atoms with Gasteiger partial charge in [-0.2, -0.15) is 0 Å². The summed E-state index contributed by atoms with van der Waals surface area (Å²) in [5.41, 5.74) is 0. The minimum Gasteiger partial charge on any atom is -0.316 e. The largest absolute Gasteiger partial charge is 0.316 e. The standard InChI is InChI=1S/C10H18N2/c1-11-9-6-7-12(8-9)10-4-2-3-5-10/h2,4,9-11H,3,5-8H2,1H3. The highest BCUT2D eigenvalue weighted by molar-refractivity contribution is 5.03. The van der Waals surface area contributed by atoms with Gasteiger partial charge in [0.05, 0.1) is 0 Å². The second-order valence-electron chi connectivity index (χ2n) is 3.84. The predicted molar refractivity (Wildman–Crippen MR) is 51.2 cm³/mol. The molecule has 0 spiro atoms. The van der Waals surface area contributed by atoms with E-state index in [1.54, 1.807) is 0 Å². The van der Waals surface area contributed by atoms with E-state index in [-0.39, 0.29) is 0 Å². The summed E-state index contributed by atoms with van der Waals surface area (Å²) in [6.07, 6.45) is 8.64. The molecular formula is C10H18N2. The highest BCUT2D eigenvalue weighted by Crippen LogP contribution is 2.20. The van der Waals surface area contributed by atoms with Crippen molar-refractivity contribution in [1.82, 2.24) is 10.2 Å². The smallest absolute Gasteiger partial charge is 0.0281 e. The van der Waals surface area contributed by atoms with Crippen LogP contribution in [0, 0.1) is 0 Å². The Morgan fingerprint density at radius 2 is 2.33 bits per heavy atom. The first-order chi connectivity index (χ1) is 5.90. The third kappa shape index (κ3) is 1.54. The van der Waals surface area contributed by atoms with Crippen molar-refractivity contribution in [3.8, 4) is 0 Å². The van der Waals surface area contributed by atoms with Gasteiger partial charge >= 0.3 is 0 Å². The van der Waals surface area contributed by atoms with Gasteiger partial charge in [0, 0.05) is 25.2 Å². The van der Waals surface area contributed by atoms with Gasteiger partial charge in [-0.25, -0.2) is 0 Å². The number of allylic oxidation sites excluding steroid dienone is 1. The van der Waals surface area contributed by atoms with Crippen LogP contribution < -0.4 is 5.32 Å². The lowest BCUT2D eigenvalue weighted by Crippen LogP contribution is -2.34. The van der Waals surface area contributed by atoms with Crippen molar-refractivity contribution in [3.05, 3.63) is 12.2 Å². The van der Waals surface area contributed by atoms with Crippen molar-refractivity contribution in [2.45, 2.75) is 31.3 Å². The lowest BCUT2D eigenvalue weighted by molar-refractivity contribution is 0.274. The van der Waals surface area contributed by atoms with E-state index in [1.807, 2.05) is 0 Å². The quantitative estimate of drug-likeness (QED) is 0.616. The Hall–Kier alpha value is -0.340. The summed E-state index contributed by atoms with van der Waals surface area (Å²) in [4.78, 5) is 2.60. The Balaban J connectivity index is 1.86. The van der Waals surface area contributed by atoms with E-state index in [2.05, 4.69) is 29.4 Å². The van der Waals surface area contributed by atoms with Gasteiger partial charge in [0.15, 0.2) is 0 Å². The molecule has 2 rings (SSSR count). The molecule has 1 aliphatic carbocycles. The van der Waals surface area contributed by atoms with E-state index in [9.17, 15) is 0 Å². The van der Waals surface area contributed by atoms with E-state index in [0.717, 1.165) is 12.1 Å². The van der Waals surface area contributed by atoms with Crippen molar-refractivity contribution >= 4 is 0 Å². The van der Waals surface area contributed by atoms with E-state index >= 15 is 0 Å². The summed E-state index contributed by atoms with van der Waals surface area (Å²) in [5, 5.41) is 3.35. The Labute approximate surface area is 74.6 Å². The first-order valence-corrected chi connectivity index (χ1v) is 4.98. The molecule has 1 aliphatic heterocycles. The Kier molecular flexibility index (Phi) is 2.47. The number of hydrogen-bond donors (Lipinski definition) is 1. The van der Waals surface area contributed by atoms with Crippen LogP contribution in [0.3, 0.4) is 0 Å². The fourth-order valence-electron chi connectivity index (χ4n) is 2.24. The van der Waals surface area contributed by atoms with Gasteiger partial charge in [0.25, 0.3) is 0 Å². The Bertz CT molecular complexity index is 177. The molecule has 1 heterocycles. The molecule has 0 amide bonds. The molecule has 1 N–H and O–H groups in total. The SMILES string of the molecule is CNC1CCN(C2C=CCC2)C1.